The van der Waals surface area contributed by atoms with Gasteiger partial charge < -0.3 is 15.0 Å². The van der Waals surface area contributed by atoms with Crippen LogP contribution in [0.25, 0.3) is 0 Å². The number of halogens is 1. The fourth-order valence-corrected chi connectivity index (χ4v) is 3.49. The summed E-state index contributed by atoms with van der Waals surface area (Å²) in [5, 5.41) is 7.81. The van der Waals surface area contributed by atoms with Gasteiger partial charge in [0.15, 0.2) is 5.96 Å². The highest BCUT2D eigenvalue weighted by Crippen LogP contribution is 2.26. The molecule has 1 N–H and O–H groups in total. The molecule has 27 heavy (non-hydrogen) atoms. The first-order chi connectivity index (χ1) is 12.7. The van der Waals surface area contributed by atoms with Crippen molar-refractivity contribution < 1.29 is 4.74 Å². The number of aromatic nitrogens is 2. The molecule has 0 saturated carbocycles. The van der Waals surface area contributed by atoms with Crippen molar-refractivity contribution in [3.8, 4) is 5.75 Å². The van der Waals surface area contributed by atoms with Gasteiger partial charge in [-0.05, 0) is 42.5 Å². The van der Waals surface area contributed by atoms with E-state index < -0.39 is 0 Å². The normalized spacial score (nSPS) is 16.9. The summed E-state index contributed by atoms with van der Waals surface area (Å²) in [6.07, 6.45) is 7.38. The minimum atomic E-state index is 0. The first-order valence-corrected chi connectivity index (χ1v) is 9.26. The van der Waals surface area contributed by atoms with Crippen LogP contribution in [0, 0.1) is 0 Å². The number of nitrogens with one attached hydrogen (secondary N) is 1. The van der Waals surface area contributed by atoms with Crippen LogP contribution in [0.5, 0.6) is 5.75 Å². The number of aliphatic imine (C=N–C) groups is 1. The Morgan fingerprint density at radius 3 is 2.74 bits per heavy atom. The van der Waals surface area contributed by atoms with Crippen LogP contribution in [0.2, 0.25) is 0 Å². The highest BCUT2D eigenvalue weighted by atomic mass is 127. The standard InChI is InChI=1S/C20H29N5O.HI/c1-21-20(22-11-4-5-16-6-8-19(26-3)9-7-16)25-12-10-17(15-25)18-13-23-24(2)14-18;/h6-9,13-14,17H,4-5,10-12,15H2,1-3H3,(H,21,22);1H. The van der Waals surface area contributed by atoms with Gasteiger partial charge >= 0.3 is 0 Å². The van der Waals surface area contributed by atoms with Crippen molar-refractivity contribution in [3.05, 3.63) is 47.8 Å². The lowest BCUT2D eigenvalue weighted by Gasteiger charge is -2.21. The van der Waals surface area contributed by atoms with E-state index in [2.05, 4.69) is 38.6 Å². The van der Waals surface area contributed by atoms with Gasteiger partial charge in [-0.2, -0.15) is 5.10 Å². The summed E-state index contributed by atoms with van der Waals surface area (Å²) in [6, 6.07) is 8.30. The second kappa shape index (κ2) is 10.5. The first kappa shape index (κ1) is 21.5. The number of guanidine groups is 1. The predicted molar refractivity (Wildman–Crippen MR) is 120 cm³/mol. The molecular formula is C20H30IN5O. The highest BCUT2D eigenvalue weighted by Gasteiger charge is 2.26. The number of ether oxygens (including phenoxy) is 1. The molecule has 1 aliphatic rings. The molecule has 2 heterocycles. The van der Waals surface area contributed by atoms with Crippen LogP contribution in [-0.4, -0.2) is 54.4 Å². The van der Waals surface area contributed by atoms with E-state index in [0.29, 0.717) is 5.92 Å². The smallest absolute Gasteiger partial charge is 0.193 e. The molecule has 0 bridgehead atoms. The zero-order valence-electron chi connectivity index (χ0n) is 16.4. The molecule has 0 spiro atoms. The first-order valence-electron chi connectivity index (χ1n) is 9.26. The number of hydrogen-bond donors (Lipinski definition) is 1. The lowest BCUT2D eigenvalue weighted by molar-refractivity contribution is 0.414. The molecule has 3 rings (SSSR count). The third-order valence-corrected chi connectivity index (χ3v) is 4.98. The number of nitrogens with zero attached hydrogens (tertiary/aromatic N) is 4. The van der Waals surface area contributed by atoms with Crippen LogP contribution in [-0.2, 0) is 13.5 Å². The van der Waals surface area contributed by atoms with Crippen LogP contribution in [0.1, 0.15) is 29.9 Å². The van der Waals surface area contributed by atoms with E-state index in [1.165, 1.54) is 11.1 Å². The van der Waals surface area contributed by atoms with Crippen molar-refractivity contribution in [2.75, 3.05) is 33.8 Å². The minimum Gasteiger partial charge on any atom is -0.497 e. The molecule has 1 unspecified atom stereocenters. The maximum absolute atomic E-state index is 5.20. The molecule has 7 heteroatoms. The Balaban J connectivity index is 0.00000261. The fourth-order valence-electron chi connectivity index (χ4n) is 3.49. The topological polar surface area (TPSA) is 54.7 Å². The van der Waals surface area contributed by atoms with Crippen LogP contribution in [0.4, 0.5) is 0 Å². The molecule has 1 atom stereocenters. The van der Waals surface area contributed by atoms with Gasteiger partial charge in [-0.3, -0.25) is 9.67 Å². The van der Waals surface area contributed by atoms with Crippen LogP contribution < -0.4 is 10.1 Å². The van der Waals surface area contributed by atoms with Crippen molar-refractivity contribution in [2.45, 2.75) is 25.2 Å². The maximum atomic E-state index is 5.20. The molecule has 0 radical (unpaired) electrons. The SMILES string of the molecule is CN=C(NCCCc1ccc(OC)cc1)N1CCC(c2cnn(C)c2)C1.I. The third-order valence-electron chi connectivity index (χ3n) is 4.98. The van der Waals surface area contributed by atoms with Gasteiger partial charge in [0.25, 0.3) is 0 Å². The summed E-state index contributed by atoms with van der Waals surface area (Å²) in [4.78, 5) is 6.82. The van der Waals surface area contributed by atoms with Gasteiger partial charge in [0.2, 0.25) is 0 Å². The largest absolute Gasteiger partial charge is 0.497 e. The average Bonchev–Trinajstić information content (AvgIpc) is 3.31. The zero-order valence-corrected chi connectivity index (χ0v) is 18.7. The number of methoxy groups -OCH3 is 1. The average molecular weight is 483 g/mol. The van der Waals surface area contributed by atoms with E-state index in [1.54, 1.807) is 7.11 Å². The monoisotopic (exact) mass is 483 g/mol. The van der Waals surface area contributed by atoms with Crippen LogP contribution >= 0.6 is 24.0 Å². The Bertz CT molecular complexity index is 728. The molecule has 1 saturated heterocycles. The predicted octanol–water partition coefficient (Wildman–Crippen LogP) is 3.04. The van der Waals surface area contributed by atoms with Crippen molar-refractivity contribution in [1.29, 1.82) is 0 Å². The lowest BCUT2D eigenvalue weighted by Crippen LogP contribution is -2.40. The molecule has 2 aromatic rings. The Hall–Kier alpha value is -1.77. The summed E-state index contributed by atoms with van der Waals surface area (Å²) in [7, 11) is 5.53. The lowest BCUT2D eigenvalue weighted by atomic mass is 10.0. The third kappa shape index (κ3) is 5.85. The van der Waals surface area contributed by atoms with E-state index in [-0.39, 0.29) is 24.0 Å². The molecule has 148 valence electrons. The Morgan fingerprint density at radius 1 is 1.33 bits per heavy atom. The Kier molecular flexibility index (Phi) is 8.40. The van der Waals surface area contributed by atoms with Crippen LogP contribution in [0.15, 0.2) is 41.7 Å². The highest BCUT2D eigenvalue weighted by molar-refractivity contribution is 14.0. The molecule has 1 fully saturated rings. The number of aryl methyl sites for hydroxylation is 2. The van der Waals surface area contributed by atoms with E-state index >= 15 is 0 Å². The van der Waals surface area contributed by atoms with Gasteiger partial charge in [-0.25, -0.2) is 0 Å². The molecular weight excluding hydrogens is 453 g/mol. The van der Waals surface area contributed by atoms with Gasteiger partial charge in [-0.1, -0.05) is 12.1 Å². The van der Waals surface area contributed by atoms with Gasteiger partial charge in [0.05, 0.1) is 13.3 Å². The summed E-state index contributed by atoms with van der Waals surface area (Å²) >= 11 is 0. The summed E-state index contributed by atoms with van der Waals surface area (Å²) in [5.74, 6) is 2.46. The molecule has 6 nitrogen and oxygen atoms in total. The second-order valence-electron chi connectivity index (χ2n) is 6.80. The van der Waals surface area contributed by atoms with Gasteiger partial charge in [-0.15, -0.1) is 24.0 Å². The number of hydrogen-bond acceptors (Lipinski definition) is 3. The van der Waals surface area contributed by atoms with Gasteiger partial charge in [0.1, 0.15) is 5.75 Å². The van der Waals surface area contributed by atoms with Crippen molar-refractivity contribution >= 4 is 29.9 Å². The fraction of sp³-hybridized carbons (Fsp3) is 0.500. The van der Waals surface area contributed by atoms with Gasteiger partial charge in [0, 0.05) is 45.8 Å². The van der Waals surface area contributed by atoms with E-state index in [0.717, 1.165) is 50.6 Å². The van der Waals surface area contributed by atoms with Crippen LogP contribution in [0.3, 0.4) is 0 Å². The summed E-state index contributed by atoms with van der Waals surface area (Å²) < 4.78 is 7.08. The van der Waals surface area contributed by atoms with Crippen molar-refractivity contribution in [1.82, 2.24) is 20.0 Å². The summed E-state index contributed by atoms with van der Waals surface area (Å²) in [5.41, 5.74) is 2.66. The molecule has 1 aromatic carbocycles. The second-order valence-corrected chi connectivity index (χ2v) is 6.80. The molecule has 1 aliphatic heterocycles. The van der Waals surface area contributed by atoms with E-state index in [9.17, 15) is 0 Å². The number of benzene rings is 1. The number of rotatable bonds is 6. The summed E-state index contributed by atoms with van der Waals surface area (Å²) in [6.45, 7) is 2.97. The van der Waals surface area contributed by atoms with E-state index in [4.69, 9.17) is 4.74 Å². The molecule has 0 aliphatic carbocycles. The maximum Gasteiger partial charge on any atom is 0.193 e. The molecule has 0 amide bonds. The van der Waals surface area contributed by atoms with E-state index in [1.807, 2.05) is 37.1 Å². The van der Waals surface area contributed by atoms with Crippen molar-refractivity contribution in [3.63, 3.8) is 0 Å². The quantitative estimate of drug-likeness (QED) is 0.297. The zero-order chi connectivity index (χ0) is 18.4. The Labute approximate surface area is 179 Å². The van der Waals surface area contributed by atoms with Crippen molar-refractivity contribution in [2.24, 2.45) is 12.0 Å². The minimum absolute atomic E-state index is 0. The number of likely N-dealkylation sites (tertiary alicyclic amines) is 1. The Morgan fingerprint density at radius 2 is 2.11 bits per heavy atom. The molecule has 1 aromatic heterocycles.